The molecule has 0 amide bonds. The number of aromatic nitrogens is 2. The predicted octanol–water partition coefficient (Wildman–Crippen LogP) is 2.81. The molecule has 1 aliphatic heterocycles. The normalized spacial score (nSPS) is 14.0. The zero-order chi connectivity index (χ0) is 24.2. The number of nitrogens with two attached hydrogens (primary N) is 1. The number of anilines is 2. The van der Waals surface area contributed by atoms with E-state index in [0.29, 0.717) is 35.9 Å². The van der Waals surface area contributed by atoms with Crippen molar-refractivity contribution in [3.63, 3.8) is 0 Å². The van der Waals surface area contributed by atoms with Gasteiger partial charge in [0.1, 0.15) is 12.1 Å². The van der Waals surface area contributed by atoms with Crippen molar-refractivity contribution in [2.75, 3.05) is 16.8 Å². The first-order valence-electron chi connectivity index (χ1n) is 9.48. The van der Waals surface area contributed by atoms with Crippen molar-refractivity contribution in [1.29, 1.82) is 5.26 Å². The minimum atomic E-state index is -4.64. The number of benzene rings is 1. The molecule has 33 heavy (non-hydrogen) atoms. The number of hydrogen-bond acceptors (Lipinski definition) is 8. The third kappa shape index (κ3) is 5.27. The molecule has 1 aromatic heterocycles. The van der Waals surface area contributed by atoms with Gasteiger partial charge in [0, 0.05) is 23.5 Å². The summed E-state index contributed by atoms with van der Waals surface area (Å²) in [4.78, 5) is 21.1. The molecule has 3 rings (SSSR count). The number of aliphatic carboxylic acids is 1. The highest BCUT2D eigenvalue weighted by atomic mass is 19.4. The van der Waals surface area contributed by atoms with Crippen LogP contribution in [0.15, 0.2) is 54.1 Å². The highest BCUT2D eigenvalue weighted by Crippen LogP contribution is 2.35. The first kappa shape index (κ1) is 23.3. The lowest BCUT2D eigenvalue weighted by Crippen LogP contribution is -2.32. The van der Waals surface area contributed by atoms with Gasteiger partial charge in [0.2, 0.25) is 0 Å². The Balaban J connectivity index is 1.81. The number of rotatable bonds is 6. The summed E-state index contributed by atoms with van der Waals surface area (Å²) in [5.41, 5.74) is 0.247. The van der Waals surface area contributed by atoms with Gasteiger partial charge in [0.05, 0.1) is 29.4 Å². The van der Waals surface area contributed by atoms with E-state index < -0.39 is 23.3 Å². The number of nitriles is 1. The lowest BCUT2D eigenvalue weighted by Gasteiger charge is -2.31. The quantitative estimate of drug-likeness (QED) is 0.260. The Labute approximate surface area is 186 Å². The number of nitrogens with zero attached hydrogens (tertiary/aromatic N) is 5. The van der Waals surface area contributed by atoms with Gasteiger partial charge in [0.15, 0.2) is 5.71 Å². The Morgan fingerprint density at radius 3 is 2.76 bits per heavy atom. The number of nitrogens with one attached hydrogen (secondary N) is 1. The number of carbonyl (C=O) groups is 1. The Bertz CT molecular complexity index is 1200. The highest BCUT2D eigenvalue weighted by molar-refractivity contribution is 6.40. The van der Waals surface area contributed by atoms with Gasteiger partial charge in [-0.2, -0.15) is 23.5 Å². The summed E-state index contributed by atoms with van der Waals surface area (Å²) < 4.78 is 39.9. The molecule has 0 spiro atoms. The number of hydrogen-bond donors (Lipinski definition) is 3. The van der Waals surface area contributed by atoms with E-state index in [4.69, 9.17) is 16.2 Å². The van der Waals surface area contributed by atoms with Gasteiger partial charge in [-0.05, 0) is 36.8 Å². The van der Waals surface area contributed by atoms with E-state index in [1.807, 2.05) is 0 Å². The standard InChI is InChI=1S/C21H18F3N7O2/c1-12(2-5-17(30-26)20(32)33)29-19-15-6-7-31(10-18(15)27-11-28-19)14-4-3-13(9-25)16(8-14)21(22,23)24/h2-5,8,11H,1,6-7,10,26H2,(H,32,33)(H,27,28,29)/b5-2-,30-17+. The fourth-order valence-electron chi connectivity index (χ4n) is 3.29. The van der Waals surface area contributed by atoms with E-state index in [1.54, 1.807) is 11.0 Å². The van der Waals surface area contributed by atoms with Crippen molar-refractivity contribution < 1.29 is 23.1 Å². The molecule has 0 aliphatic carbocycles. The molecule has 0 fully saturated rings. The molecule has 170 valence electrons. The van der Waals surface area contributed by atoms with Crippen LogP contribution in [0.2, 0.25) is 0 Å². The van der Waals surface area contributed by atoms with Crippen molar-refractivity contribution in [3.8, 4) is 6.07 Å². The molecule has 0 radical (unpaired) electrons. The molecule has 1 aliphatic rings. The lowest BCUT2D eigenvalue weighted by molar-refractivity contribution is -0.137. The molecule has 9 nitrogen and oxygen atoms in total. The highest BCUT2D eigenvalue weighted by Gasteiger charge is 2.34. The Morgan fingerprint density at radius 1 is 1.36 bits per heavy atom. The van der Waals surface area contributed by atoms with Gasteiger partial charge in [-0.3, -0.25) is 0 Å². The second kappa shape index (κ2) is 9.39. The molecular weight excluding hydrogens is 439 g/mol. The van der Waals surface area contributed by atoms with Crippen LogP contribution >= 0.6 is 0 Å². The summed E-state index contributed by atoms with van der Waals surface area (Å²) in [6, 6.07) is 5.18. The lowest BCUT2D eigenvalue weighted by atomic mass is 10.0. The Kier molecular flexibility index (Phi) is 6.62. The molecule has 12 heteroatoms. The smallest absolute Gasteiger partial charge is 0.417 e. The minimum Gasteiger partial charge on any atom is -0.476 e. The zero-order valence-electron chi connectivity index (χ0n) is 17.1. The first-order chi connectivity index (χ1) is 15.6. The summed E-state index contributed by atoms with van der Waals surface area (Å²) in [7, 11) is 0. The van der Waals surface area contributed by atoms with Gasteiger partial charge in [0.25, 0.3) is 0 Å². The second-order valence-corrected chi connectivity index (χ2v) is 6.96. The number of allylic oxidation sites excluding steroid dienone is 1. The topological polar surface area (TPSA) is 141 Å². The number of carboxylic acids is 1. The largest absolute Gasteiger partial charge is 0.476 e. The number of carboxylic acid groups (broad SMARTS) is 1. The van der Waals surface area contributed by atoms with Crippen LogP contribution in [0.4, 0.5) is 24.7 Å². The maximum atomic E-state index is 13.3. The molecule has 1 aromatic carbocycles. The van der Waals surface area contributed by atoms with Crippen LogP contribution in [0.1, 0.15) is 22.4 Å². The summed E-state index contributed by atoms with van der Waals surface area (Å²) in [6.45, 7) is 4.42. The van der Waals surface area contributed by atoms with E-state index in [2.05, 4.69) is 27.0 Å². The van der Waals surface area contributed by atoms with Crippen molar-refractivity contribution >= 4 is 23.2 Å². The van der Waals surface area contributed by atoms with Crippen molar-refractivity contribution in [2.24, 2.45) is 10.9 Å². The van der Waals surface area contributed by atoms with Crippen molar-refractivity contribution in [1.82, 2.24) is 9.97 Å². The van der Waals surface area contributed by atoms with Crippen molar-refractivity contribution in [3.05, 3.63) is 71.3 Å². The number of fused-ring (bicyclic) bond motifs is 1. The maximum absolute atomic E-state index is 13.3. The molecule has 0 bridgehead atoms. The Morgan fingerprint density at radius 2 is 2.12 bits per heavy atom. The predicted molar refractivity (Wildman–Crippen MR) is 114 cm³/mol. The Hall–Kier alpha value is -4.40. The van der Waals surface area contributed by atoms with E-state index in [-0.39, 0.29) is 12.3 Å². The summed E-state index contributed by atoms with van der Waals surface area (Å²) >= 11 is 0. The van der Waals surface area contributed by atoms with Crippen LogP contribution in [0.3, 0.4) is 0 Å². The van der Waals surface area contributed by atoms with Crippen LogP contribution in [0.5, 0.6) is 0 Å². The number of halogens is 3. The molecular formula is C21H18F3N7O2. The van der Waals surface area contributed by atoms with Gasteiger partial charge >= 0.3 is 12.1 Å². The summed E-state index contributed by atoms with van der Waals surface area (Å²) in [5.74, 6) is 4.17. The molecule has 0 saturated heterocycles. The van der Waals surface area contributed by atoms with Gasteiger partial charge in [-0.25, -0.2) is 14.8 Å². The summed E-state index contributed by atoms with van der Waals surface area (Å²) in [6.07, 6.45) is -0.348. The number of alkyl halides is 3. The van der Waals surface area contributed by atoms with Gasteiger partial charge in [-0.1, -0.05) is 6.58 Å². The van der Waals surface area contributed by atoms with Crippen molar-refractivity contribution in [2.45, 2.75) is 19.1 Å². The third-order valence-corrected chi connectivity index (χ3v) is 4.88. The van der Waals surface area contributed by atoms with Gasteiger partial charge in [-0.15, -0.1) is 0 Å². The van der Waals surface area contributed by atoms with E-state index >= 15 is 0 Å². The SMILES string of the molecule is C=C(/C=C\C(=N/N)C(=O)O)Nc1ncnc2c1CCN(c1ccc(C#N)c(C(F)(F)F)c1)C2. The van der Waals surface area contributed by atoms with Crippen LogP contribution in [-0.2, 0) is 23.9 Å². The fourth-order valence-corrected chi connectivity index (χ4v) is 3.29. The van der Waals surface area contributed by atoms with E-state index in [9.17, 15) is 18.0 Å². The summed E-state index contributed by atoms with van der Waals surface area (Å²) in [5, 5.41) is 24.0. The first-order valence-corrected chi connectivity index (χ1v) is 9.48. The third-order valence-electron chi connectivity index (χ3n) is 4.88. The molecule has 4 N–H and O–H groups in total. The number of hydrazone groups is 1. The molecule has 2 aromatic rings. The molecule has 0 unspecified atom stereocenters. The monoisotopic (exact) mass is 457 g/mol. The molecule has 0 atom stereocenters. The fraction of sp³-hybridized carbons (Fsp3) is 0.190. The van der Waals surface area contributed by atoms with Crippen LogP contribution < -0.4 is 16.1 Å². The van der Waals surface area contributed by atoms with E-state index in [1.165, 1.54) is 24.5 Å². The molecule has 2 heterocycles. The van der Waals surface area contributed by atoms with E-state index in [0.717, 1.165) is 17.7 Å². The average Bonchev–Trinajstić information content (AvgIpc) is 2.78. The van der Waals surface area contributed by atoms with Crippen LogP contribution in [-0.4, -0.2) is 33.3 Å². The average molecular weight is 457 g/mol. The zero-order valence-corrected chi connectivity index (χ0v) is 17.1. The second-order valence-electron chi connectivity index (χ2n) is 6.96. The van der Waals surface area contributed by atoms with Gasteiger partial charge < -0.3 is 21.2 Å². The maximum Gasteiger partial charge on any atom is 0.417 e. The minimum absolute atomic E-state index is 0.237. The van der Waals surface area contributed by atoms with Crippen LogP contribution in [0.25, 0.3) is 0 Å². The van der Waals surface area contributed by atoms with Crippen LogP contribution in [0, 0.1) is 11.3 Å². The molecule has 0 saturated carbocycles.